The number of hydrogen-bond donors (Lipinski definition) is 2. The minimum Gasteiger partial charge on any atom is -0.341 e. The molecule has 0 fully saturated rings. The number of imidazole rings is 1. The Labute approximate surface area is 93.5 Å². The Morgan fingerprint density at radius 3 is 3.07 bits per heavy atom. The molecule has 0 saturated carbocycles. The van der Waals surface area contributed by atoms with Crippen LogP contribution in [0, 0.1) is 0 Å². The van der Waals surface area contributed by atoms with Crippen molar-refractivity contribution in [3.63, 3.8) is 0 Å². The van der Waals surface area contributed by atoms with Crippen LogP contribution in [0.5, 0.6) is 0 Å². The van der Waals surface area contributed by atoms with Gasteiger partial charge in [0.15, 0.2) is 0 Å². The summed E-state index contributed by atoms with van der Waals surface area (Å²) in [5.74, 6) is 0.850. The highest BCUT2D eigenvalue weighted by Crippen LogP contribution is 2.19. The van der Waals surface area contributed by atoms with E-state index in [-0.39, 0.29) is 0 Å². The number of aromatic amines is 1. The molecule has 0 atom stereocenters. The molecule has 2 N–H and O–H groups in total. The minimum atomic E-state index is 0.721. The fraction of sp³-hybridized carbons (Fsp3) is 0.182. The van der Waals surface area contributed by atoms with Crippen molar-refractivity contribution in [3.8, 4) is 11.4 Å². The van der Waals surface area contributed by atoms with Crippen LogP contribution in [0.15, 0.2) is 30.5 Å². The summed E-state index contributed by atoms with van der Waals surface area (Å²) >= 11 is 5.91. The van der Waals surface area contributed by atoms with E-state index in [0.717, 1.165) is 28.6 Å². The largest absolute Gasteiger partial charge is 0.341 e. The van der Waals surface area contributed by atoms with Crippen molar-refractivity contribution in [1.29, 1.82) is 0 Å². The molecule has 0 amide bonds. The smallest absolute Gasteiger partial charge is 0.137 e. The van der Waals surface area contributed by atoms with Gasteiger partial charge in [-0.15, -0.1) is 0 Å². The van der Waals surface area contributed by atoms with Gasteiger partial charge in [-0.3, -0.25) is 0 Å². The van der Waals surface area contributed by atoms with Gasteiger partial charge >= 0.3 is 0 Å². The van der Waals surface area contributed by atoms with Crippen LogP contribution < -0.4 is 5.32 Å². The fourth-order valence-electron chi connectivity index (χ4n) is 1.42. The average Bonchev–Trinajstić information content (AvgIpc) is 2.67. The van der Waals surface area contributed by atoms with Gasteiger partial charge in [0.1, 0.15) is 5.82 Å². The molecule has 0 aliphatic carbocycles. The Hall–Kier alpha value is -1.32. The van der Waals surface area contributed by atoms with E-state index in [0.29, 0.717) is 0 Å². The average molecular weight is 222 g/mol. The van der Waals surface area contributed by atoms with Crippen molar-refractivity contribution in [2.24, 2.45) is 0 Å². The Morgan fingerprint density at radius 2 is 2.33 bits per heavy atom. The fourth-order valence-corrected chi connectivity index (χ4v) is 1.61. The quantitative estimate of drug-likeness (QED) is 0.836. The predicted molar refractivity (Wildman–Crippen MR) is 61.8 cm³/mol. The lowest BCUT2D eigenvalue weighted by atomic mass is 10.2. The van der Waals surface area contributed by atoms with Crippen LogP contribution in [-0.2, 0) is 6.54 Å². The first kappa shape index (κ1) is 10.2. The van der Waals surface area contributed by atoms with Crippen molar-refractivity contribution in [2.75, 3.05) is 7.05 Å². The summed E-state index contributed by atoms with van der Waals surface area (Å²) in [6, 6.07) is 7.64. The SMILES string of the molecule is CNCc1cnc(-c2cccc(Cl)c2)[nH]1. The van der Waals surface area contributed by atoms with Crippen LogP contribution in [0.3, 0.4) is 0 Å². The Balaban J connectivity index is 2.29. The zero-order valence-electron chi connectivity index (χ0n) is 8.42. The first-order chi connectivity index (χ1) is 7.29. The normalized spacial score (nSPS) is 10.5. The van der Waals surface area contributed by atoms with Crippen molar-refractivity contribution >= 4 is 11.6 Å². The van der Waals surface area contributed by atoms with Crippen LogP contribution in [0.4, 0.5) is 0 Å². The van der Waals surface area contributed by atoms with E-state index in [4.69, 9.17) is 11.6 Å². The number of halogens is 1. The molecule has 2 aromatic rings. The van der Waals surface area contributed by atoms with E-state index in [1.54, 1.807) is 0 Å². The van der Waals surface area contributed by atoms with Crippen LogP contribution in [-0.4, -0.2) is 17.0 Å². The maximum atomic E-state index is 5.91. The third-order valence-electron chi connectivity index (χ3n) is 2.09. The van der Waals surface area contributed by atoms with Crippen LogP contribution >= 0.6 is 11.6 Å². The number of H-pyrrole nitrogens is 1. The number of benzene rings is 1. The second-order valence-corrected chi connectivity index (χ2v) is 3.73. The molecular weight excluding hydrogens is 210 g/mol. The summed E-state index contributed by atoms with van der Waals surface area (Å²) in [7, 11) is 1.90. The van der Waals surface area contributed by atoms with Crippen molar-refractivity contribution in [1.82, 2.24) is 15.3 Å². The second kappa shape index (κ2) is 4.47. The third-order valence-corrected chi connectivity index (χ3v) is 2.33. The van der Waals surface area contributed by atoms with E-state index in [1.165, 1.54) is 0 Å². The molecule has 0 aliphatic heterocycles. The van der Waals surface area contributed by atoms with Crippen LogP contribution in [0.1, 0.15) is 5.69 Å². The molecule has 2 rings (SSSR count). The van der Waals surface area contributed by atoms with Gasteiger partial charge in [0, 0.05) is 29.0 Å². The highest BCUT2D eigenvalue weighted by molar-refractivity contribution is 6.30. The maximum absolute atomic E-state index is 5.91. The van der Waals surface area contributed by atoms with Gasteiger partial charge in [-0.2, -0.15) is 0 Å². The summed E-state index contributed by atoms with van der Waals surface area (Å²) in [4.78, 5) is 7.52. The minimum absolute atomic E-state index is 0.721. The molecule has 0 spiro atoms. The zero-order chi connectivity index (χ0) is 10.7. The van der Waals surface area contributed by atoms with Gasteiger partial charge in [-0.1, -0.05) is 23.7 Å². The number of nitrogens with one attached hydrogen (secondary N) is 2. The predicted octanol–water partition coefficient (Wildman–Crippen LogP) is 2.45. The van der Waals surface area contributed by atoms with E-state index in [9.17, 15) is 0 Å². The molecule has 0 radical (unpaired) electrons. The van der Waals surface area contributed by atoms with Crippen LogP contribution in [0.2, 0.25) is 5.02 Å². The molecule has 0 bridgehead atoms. The monoisotopic (exact) mass is 221 g/mol. The van der Waals surface area contributed by atoms with Crippen molar-refractivity contribution in [2.45, 2.75) is 6.54 Å². The zero-order valence-corrected chi connectivity index (χ0v) is 9.17. The van der Waals surface area contributed by atoms with E-state index >= 15 is 0 Å². The first-order valence-corrected chi connectivity index (χ1v) is 5.12. The summed E-state index contributed by atoms with van der Waals surface area (Å²) in [6.07, 6.45) is 1.83. The number of nitrogens with zero attached hydrogens (tertiary/aromatic N) is 1. The molecular formula is C11H12ClN3. The van der Waals surface area contributed by atoms with Gasteiger partial charge < -0.3 is 10.3 Å². The third kappa shape index (κ3) is 2.37. The van der Waals surface area contributed by atoms with Crippen molar-refractivity contribution in [3.05, 3.63) is 41.2 Å². The molecule has 1 aromatic carbocycles. The number of rotatable bonds is 3. The van der Waals surface area contributed by atoms with Gasteiger partial charge in [0.05, 0.1) is 0 Å². The summed E-state index contributed by atoms with van der Waals surface area (Å²) in [6.45, 7) is 0.785. The summed E-state index contributed by atoms with van der Waals surface area (Å²) < 4.78 is 0. The number of aromatic nitrogens is 2. The Morgan fingerprint density at radius 1 is 1.47 bits per heavy atom. The second-order valence-electron chi connectivity index (χ2n) is 3.30. The molecule has 0 saturated heterocycles. The maximum Gasteiger partial charge on any atom is 0.137 e. The summed E-state index contributed by atoms with van der Waals surface area (Å²) in [5.41, 5.74) is 2.07. The van der Waals surface area contributed by atoms with E-state index in [2.05, 4.69) is 15.3 Å². The summed E-state index contributed by atoms with van der Waals surface area (Å²) in [5, 5.41) is 3.78. The van der Waals surface area contributed by atoms with Gasteiger partial charge in [-0.05, 0) is 19.2 Å². The van der Waals surface area contributed by atoms with Gasteiger partial charge in [0.25, 0.3) is 0 Å². The lowest BCUT2D eigenvalue weighted by molar-refractivity contribution is 0.797. The highest BCUT2D eigenvalue weighted by Gasteiger charge is 2.02. The number of hydrogen-bond acceptors (Lipinski definition) is 2. The first-order valence-electron chi connectivity index (χ1n) is 4.74. The highest BCUT2D eigenvalue weighted by atomic mass is 35.5. The topological polar surface area (TPSA) is 40.7 Å². The standard InChI is InChI=1S/C11H12ClN3/c1-13-6-10-7-14-11(15-10)8-3-2-4-9(12)5-8/h2-5,7,13H,6H2,1H3,(H,14,15). The molecule has 1 heterocycles. The lowest BCUT2D eigenvalue weighted by Gasteiger charge is -1.97. The molecule has 0 unspecified atom stereocenters. The van der Waals surface area contributed by atoms with Crippen LogP contribution in [0.25, 0.3) is 11.4 Å². The molecule has 3 nitrogen and oxygen atoms in total. The molecule has 4 heteroatoms. The Bertz CT molecular complexity index is 451. The molecule has 15 heavy (non-hydrogen) atoms. The van der Waals surface area contributed by atoms with E-state index in [1.807, 2.05) is 37.5 Å². The van der Waals surface area contributed by atoms with Crippen molar-refractivity contribution < 1.29 is 0 Å². The van der Waals surface area contributed by atoms with E-state index < -0.39 is 0 Å². The van der Waals surface area contributed by atoms with Gasteiger partial charge in [0.2, 0.25) is 0 Å². The molecule has 78 valence electrons. The molecule has 1 aromatic heterocycles. The Kier molecular flexibility index (Phi) is 3.04. The molecule has 0 aliphatic rings. The van der Waals surface area contributed by atoms with Gasteiger partial charge in [-0.25, -0.2) is 4.98 Å². The lowest BCUT2D eigenvalue weighted by Crippen LogP contribution is -2.04.